The van der Waals surface area contributed by atoms with Crippen LogP contribution in [0.15, 0.2) is 18.3 Å². The van der Waals surface area contributed by atoms with Crippen molar-refractivity contribution in [3.8, 4) is 0 Å². The van der Waals surface area contributed by atoms with Gasteiger partial charge in [-0.3, -0.25) is 0 Å². The first kappa shape index (κ1) is 13.3. The normalized spacial score (nSPS) is 21.9. The van der Waals surface area contributed by atoms with Crippen molar-refractivity contribution in [1.29, 1.82) is 0 Å². The molecule has 2 unspecified atom stereocenters. The van der Waals surface area contributed by atoms with Crippen LogP contribution in [0.1, 0.15) is 44.7 Å². The van der Waals surface area contributed by atoms with Crippen LogP contribution in [-0.4, -0.2) is 25.1 Å². The van der Waals surface area contributed by atoms with Crippen LogP contribution in [-0.2, 0) is 0 Å². The number of aromatic nitrogens is 1. The second-order valence-corrected chi connectivity index (χ2v) is 5.29. The third kappa shape index (κ3) is 2.83. The van der Waals surface area contributed by atoms with Gasteiger partial charge in [-0.15, -0.1) is 0 Å². The average molecular weight is 247 g/mol. The summed E-state index contributed by atoms with van der Waals surface area (Å²) in [7, 11) is 2.01. The van der Waals surface area contributed by atoms with E-state index in [9.17, 15) is 0 Å². The lowest BCUT2D eigenvalue weighted by Gasteiger charge is -2.35. The Morgan fingerprint density at radius 1 is 1.56 bits per heavy atom. The first-order valence-electron chi connectivity index (χ1n) is 7.13. The molecule has 1 N–H and O–H groups in total. The number of pyridine rings is 1. The molecule has 0 saturated carbocycles. The molecule has 3 heteroatoms. The van der Waals surface area contributed by atoms with Crippen LogP contribution in [0.3, 0.4) is 0 Å². The molecule has 1 aromatic rings. The number of nitrogens with zero attached hydrogens (tertiary/aromatic N) is 2. The van der Waals surface area contributed by atoms with Crippen LogP contribution < -0.4 is 10.2 Å². The lowest BCUT2D eigenvalue weighted by Crippen LogP contribution is -2.36. The van der Waals surface area contributed by atoms with Crippen molar-refractivity contribution in [2.45, 2.75) is 39.2 Å². The molecular weight excluding hydrogens is 222 g/mol. The maximum atomic E-state index is 4.63. The Labute approximate surface area is 111 Å². The fraction of sp³-hybridized carbons (Fsp3) is 0.667. The van der Waals surface area contributed by atoms with Crippen molar-refractivity contribution in [1.82, 2.24) is 10.3 Å². The molecule has 0 amide bonds. The molecule has 2 heterocycles. The summed E-state index contributed by atoms with van der Waals surface area (Å²) in [6.45, 7) is 6.80. The molecule has 0 aliphatic carbocycles. The van der Waals surface area contributed by atoms with Gasteiger partial charge in [-0.25, -0.2) is 4.98 Å². The quantitative estimate of drug-likeness (QED) is 0.886. The second kappa shape index (κ2) is 6.19. The van der Waals surface area contributed by atoms with Gasteiger partial charge in [0.1, 0.15) is 5.82 Å². The predicted molar refractivity (Wildman–Crippen MR) is 76.9 cm³/mol. The number of piperidine rings is 1. The van der Waals surface area contributed by atoms with Gasteiger partial charge >= 0.3 is 0 Å². The van der Waals surface area contributed by atoms with Crippen LogP contribution in [0.4, 0.5) is 5.82 Å². The molecule has 1 saturated heterocycles. The van der Waals surface area contributed by atoms with Crippen LogP contribution >= 0.6 is 0 Å². The Kier molecular flexibility index (Phi) is 4.59. The summed E-state index contributed by atoms with van der Waals surface area (Å²) < 4.78 is 0. The van der Waals surface area contributed by atoms with Gasteiger partial charge in [0.25, 0.3) is 0 Å². The lowest BCUT2D eigenvalue weighted by atomic mass is 9.95. The minimum Gasteiger partial charge on any atom is -0.356 e. The zero-order valence-electron chi connectivity index (χ0n) is 11.8. The SMILES string of the molecule is CCC1CCCN(c2ncccc2C(C)NC)C1. The maximum absolute atomic E-state index is 4.63. The van der Waals surface area contributed by atoms with Crippen LogP contribution in [0.5, 0.6) is 0 Å². The predicted octanol–water partition coefficient (Wildman–Crippen LogP) is 2.99. The number of anilines is 1. The molecule has 0 spiro atoms. The topological polar surface area (TPSA) is 28.2 Å². The third-order valence-electron chi connectivity index (χ3n) is 4.11. The van der Waals surface area contributed by atoms with E-state index >= 15 is 0 Å². The molecule has 0 radical (unpaired) electrons. The summed E-state index contributed by atoms with van der Waals surface area (Å²) in [4.78, 5) is 7.10. The summed E-state index contributed by atoms with van der Waals surface area (Å²) in [5, 5.41) is 3.32. The molecule has 0 aromatic carbocycles. The third-order valence-corrected chi connectivity index (χ3v) is 4.11. The highest BCUT2D eigenvalue weighted by Crippen LogP contribution is 2.28. The van der Waals surface area contributed by atoms with E-state index < -0.39 is 0 Å². The Morgan fingerprint density at radius 2 is 2.39 bits per heavy atom. The molecule has 1 aromatic heterocycles. The van der Waals surface area contributed by atoms with Gasteiger partial charge < -0.3 is 10.2 Å². The van der Waals surface area contributed by atoms with E-state index in [-0.39, 0.29) is 0 Å². The molecule has 1 aliphatic rings. The molecule has 1 aliphatic heterocycles. The largest absolute Gasteiger partial charge is 0.356 e. The molecule has 18 heavy (non-hydrogen) atoms. The van der Waals surface area contributed by atoms with Crippen molar-refractivity contribution >= 4 is 5.82 Å². The average Bonchev–Trinajstić information content (AvgIpc) is 2.46. The van der Waals surface area contributed by atoms with E-state index in [0.29, 0.717) is 6.04 Å². The summed E-state index contributed by atoms with van der Waals surface area (Å²) in [6, 6.07) is 4.59. The van der Waals surface area contributed by atoms with E-state index in [2.05, 4.69) is 35.1 Å². The Morgan fingerprint density at radius 3 is 3.11 bits per heavy atom. The van der Waals surface area contributed by atoms with Gasteiger partial charge in [0.15, 0.2) is 0 Å². The fourth-order valence-electron chi connectivity index (χ4n) is 2.76. The molecule has 2 rings (SSSR count). The van der Waals surface area contributed by atoms with Gasteiger partial charge in [-0.2, -0.15) is 0 Å². The highest BCUT2D eigenvalue weighted by molar-refractivity contribution is 5.48. The van der Waals surface area contributed by atoms with Gasteiger partial charge in [-0.1, -0.05) is 19.4 Å². The van der Waals surface area contributed by atoms with E-state index in [1.807, 2.05) is 19.3 Å². The number of rotatable bonds is 4. The van der Waals surface area contributed by atoms with Crippen molar-refractivity contribution in [3.63, 3.8) is 0 Å². The minimum atomic E-state index is 0.357. The molecule has 0 bridgehead atoms. The standard InChI is InChI=1S/C15H25N3/c1-4-13-7-6-10-18(11-13)15-14(12(2)16-3)8-5-9-17-15/h5,8-9,12-13,16H,4,6-7,10-11H2,1-3H3. The van der Waals surface area contributed by atoms with Crippen LogP contribution in [0.25, 0.3) is 0 Å². The van der Waals surface area contributed by atoms with Crippen LogP contribution in [0, 0.1) is 5.92 Å². The minimum absolute atomic E-state index is 0.357. The molecule has 3 nitrogen and oxygen atoms in total. The lowest BCUT2D eigenvalue weighted by molar-refractivity contribution is 0.402. The molecule has 100 valence electrons. The summed E-state index contributed by atoms with van der Waals surface area (Å²) in [5.41, 5.74) is 1.32. The first-order valence-corrected chi connectivity index (χ1v) is 7.13. The maximum Gasteiger partial charge on any atom is 0.133 e. The van der Waals surface area contributed by atoms with Crippen molar-refractivity contribution in [3.05, 3.63) is 23.9 Å². The second-order valence-electron chi connectivity index (χ2n) is 5.29. The van der Waals surface area contributed by atoms with Gasteiger partial charge in [0.2, 0.25) is 0 Å². The zero-order chi connectivity index (χ0) is 13.0. The van der Waals surface area contributed by atoms with E-state index in [4.69, 9.17) is 0 Å². The molecular formula is C15H25N3. The van der Waals surface area contributed by atoms with E-state index in [1.165, 1.54) is 30.6 Å². The zero-order valence-corrected chi connectivity index (χ0v) is 11.8. The number of hydrogen-bond acceptors (Lipinski definition) is 3. The Bertz CT molecular complexity index is 378. The van der Waals surface area contributed by atoms with Crippen LogP contribution in [0.2, 0.25) is 0 Å². The molecule has 2 atom stereocenters. The van der Waals surface area contributed by atoms with Crippen molar-refractivity contribution < 1.29 is 0 Å². The summed E-state index contributed by atoms with van der Waals surface area (Å²) in [5.74, 6) is 2.01. The highest BCUT2D eigenvalue weighted by Gasteiger charge is 2.22. The van der Waals surface area contributed by atoms with Gasteiger partial charge in [0, 0.05) is 30.9 Å². The highest BCUT2D eigenvalue weighted by atomic mass is 15.2. The fourth-order valence-corrected chi connectivity index (χ4v) is 2.76. The Hall–Kier alpha value is -1.09. The van der Waals surface area contributed by atoms with E-state index in [0.717, 1.165) is 19.0 Å². The van der Waals surface area contributed by atoms with Crippen molar-refractivity contribution in [2.75, 3.05) is 25.0 Å². The number of hydrogen-bond donors (Lipinski definition) is 1. The number of nitrogens with one attached hydrogen (secondary N) is 1. The molecule has 1 fully saturated rings. The van der Waals surface area contributed by atoms with E-state index in [1.54, 1.807) is 0 Å². The summed E-state index contributed by atoms with van der Waals surface area (Å²) in [6.07, 6.45) is 5.86. The Balaban J connectivity index is 2.21. The van der Waals surface area contributed by atoms with Gasteiger partial charge in [0.05, 0.1) is 0 Å². The van der Waals surface area contributed by atoms with Crippen molar-refractivity contribution in [2.24, 2.45) is 5.92 Å². The first-order chi connectivity index (χ1) is 8.76. The monoisotopic (exact) mass is 247 g/mol. The summed E-state index contributed by atoms with van der Waals surface area (Å²) >= 11 is 0. The smallest absolute Gasteiger partial charge is 0.133 e. The van der Waals surface area contributed by atoms with Gasteiger partial charge in [-0.05, 0) is 38.8 Å².